The first kappa shape index (κ1) is 22.5. The number of aliphatic imine (C=N–C) groups is 1. The van der Waals surface area contributed by atoms with Crippen LogP contribution in [0.15, 0.2) is 65.9 Å². The van der Waals surface area contributed by atoms with Gasteiger partial charge in [-0.3, -0.25) is 4.99 Å². The molecule has 1 aliphatic heterocycles. The maximum atomic E-state index is 12.7. The van der Waals surface area contributed by atoms with Crippen molar-refractivity contribution in [3.63, 3.8) is 0 Å². The Bertz CT molecular complexity index is 1140. The van der Waals surface area contributed by atoms with Crippen molar-refractivity contribution in [1.29, 1.82) is 0 Å². The van der Waals surface area contributed by atoms with Gasteiger partial charge in [-0.25, -0.2) is 4.79 Å². The Morgan fingerprint density at radius 3 is 2.64 bits per heavy atom. The zero-order valence-corrected chi connectivity index (χ0v) is 19.2. The molecule has 0 spiro atoms. The monoisotopic (exact) mass is 444 g/mol. The summed E-state index contributed by atoms with van der Waals surface area (Å²) in [5.41, 5.74) is 10.5. The molecule has 0 bridgehead atoms. The van der Waals surface area contributed by atoms with E-state index in [9.17, 15) is 4.79 Å². The van der Waals surface area contributed by atoms with E-state index < -0.39 is 0 Å². The van der Waals surface area contributed by atoms with Crippen LogP contribution in [0.25, 0.3) is 16.5 Å². The fourth-order valence-corrected chi connectivity index (χ4v) is 4.11. The van der Waals surface area contributed by atoms with Crippen molar-refractivity contribution in [2.24, 2.45) is 10.7 Å². The topological polar surface area (TPSA) is 98.5 Å². The van der Waals surface area contributed by atoms with Crippen LogP contribution in [0.3, 0.4) is 0 Å². The zero-order chi connectivity index (χ0) is 23.2. The van der Waals surface area contributed by atoms with Crippen LogP contribution in [0.5, 0.6) is 0 Å². The smallest absolute Gasteiger partial charge is 0.319 e. The molecule has 7 heteroatoms. The van der Waals surface area contributed by atoms with E-state index in [-0.39, 0.29) is 18.1 Å². The van der Waals surface area contributed by atoms with Gasteiger partial charge in [-0.15, -0.1) is 0 Å². The molecular formula is C26H32N6O. The molecular weight excluding hydrogens is 412 g/mol. The van der Waals surface area contributed by atoms with E-state index in [1.807, 2.05) is 44.3 Å². The Labute approximate surface area is 194 Å². The molecule has 1 aromatic heterocycles. The summed E-state index contributed by atoms with van der Waals surface area (Å²) in [6, 6.07) is 16.6. The first-order valence-corrected chi connectivity index (χ1v) is 11.5. The molecule has 0 radical (unpaired) electrons. The summed E-state index contributed by atoms with van der Waals surface area (Å²) in [6.07, 6.45) is 7.00. The number of para-hydroxylation sites is 1. The number of nitrogens with one attached hydrogen (secondary N) is 3. The molecule has 1 fully saturated rings. The lowest BCUT2D eigenvalue weighted by Gasteiger charge is -2.33. The second kappa shape index (κ2) is 10.3. The number of hydrogen-bond acceptors (Lipinski definition) is 4. The molecule has 3 aromatic rings. The van der Waals surface area contributed by atoms with Crippen molar-refractivity contribution in [3.8, 4) is 0 Å². The molecule has 0 unspecified atom stereocenters. The Morgan fingerprint density at radius 2 is 1.94 bits per heavy atom. The number of carbonyl (C=O) groups excluding carboxylic acids is 1. The SMILES string of the molecule is CC(C)N=C/C(=C\N)c1ccc2[nH]cc(NC(=O)NC3CCN(c4ccccc4)CC3)c2c1. The van der Waals surface area contributed by atoms with Crippen molar-refractivity contribution >= 4 is 40.1 Å². The number of aromatic nitrogens is 1. The fourth-order valence-electron chi connectivity index (χ4n) is 4.11. The van der Waals surface area contributed by atoms with E-state index in [0.29, 0.717) is 0 Å². The Kier molecular flexibility index (Phi) is 6.98. The number of aromatic amines is 1. The summed E-state index contributed by atoms with van der Waals surface area (Å²) >= 11 is 0. The lowest BCUT2D eigenvalue weighted by Crippen LogP contribution is -2.46. The molecule has 4 rings (SSSR count). The van der Waals surface area contributed by atoms with Crippen LogP contribution in [0, 0.1) is 0 Å². The van der Waals surface area contributed by atoms with E-state index in [1.54, 1.807) is 12.4 Å². The molecule has 5 N–H and O–H groups in total. The van der Waals surface area contributed by atoms with E-state index >= 15 is 0 Å². The molecule has 33 heavy (non-hydrogen) atoms. The number of rotatable bonds is 6. The standard InChI is InChI=1S/C26H32N6O/c1-18(2)28-16-20(15-27)19-8-9-24-23(14-19)25(17-29-24)31-26(33)30-21-10-12-32(13-11-21)22-6-4-3-5-7-22/h3-9,14-18,21,29H,10-13,27H2,1-2H3,(H2,30,31,33)/b20-15+,28-16?. The number of hydrogen-bond donors (Lipinski definition) is 4. The fraction of sp³-hybridized carbons (Fsp3) is 0.308. The summed E-state index contributed by atoms with van der Waals surface area (Å²) in [7, 11) is 0. The predicted molar refractivity (Wildman–Crippen MR) is 138 cm³/mol. The van der Waals surface area contributed by atoms with E-state index in [4.69, 9.17) is 5.73 Å². The third kappa shape index (κ3) is 5.55. The molecule has 0 aliphatic carbocycles. The highest BCUT2D eigenvalue weighted by atomic mass is 16.2. The van der Waals surface area contributed by atoms with Crippen molar-refractivity contribution in [3.05, 3.63) is 66.5 Å². The summed E-state index contributed by atoms with van der Waals surface area (Å²) in [6.45, 7) is 5.90. The first-order chi connectivity index (χ1) is 16.0. The molecule has 2 heterocycles. The normalized spacial score (nSPS) is 15.5. The molecule has 0 atom stereocenters. The highest BCUT2D eigenvalue weighted by Crippen LogP contribution is 2.27. The summed E-state index contributed by atoms with van der Waals surface area (Å²) in [4.78, 5) is 22.7. The van der Waals surface area contributed by atoms with E-state index in [1.165, 1.54) is 5.69 Å². The maximum Gasteiger partial charge on any atom is 0.319 e. The third-order valence-corrected chi connectivity index (χ3v) is 5.91. The van der Waals surface area contributed by atoms with Gasteiger partial charge >= 0.3 is 6.03 Å². The van der Waals surface area contributed by atoms with Gasteiger partial charge in [0.05, 0.1) is 5.69 Å². The predicted octanol–water partition coefficient (Wildman–Crippen LogP) is 4.74. The number of H-pyrrole nitrogens is 1. The molecule has 172 valence electrons. The number of piperidine rings is 1. The number of allylic oxidation sites excluding steroid dienone is 1. The van der Waals surface area contributed by atoms with Crippen molar-refractivity contribution in [2.75, 3.05) is 23.3 Å². The van der Waals surface area contributed by atoms with Gasteiger partial charge in [-0.05, 0) is 56.5 Å². The van der Waals surface area contributed by atoms with Crippen LogP contribution in [-0.2, 0) is 0 Å². The zero-order valence-electron chi connectivity index (χ0n) is 19.2. The van der Waals surface area contributed by atoms with Gasteiger partial charge in [0.1, 0.15) is 0 Å². The van der Waals surface area contributed by atoms with Crippen LogP contribution in [-0.4, -0.2) is 42.4 Å². The number of carbonyl (C=O) groups is 1. The largest absolute Gasteiger partial charge is 0.404 e. The summed E-state index contributed by atoms with van der Waals surface area (Å²) in [5.74, 6) is 0. The van der Waals surface area contributed by atoms with Gasteiger partial charge < -0.3 is 26.3 Å². The summed E-state index contributed by atoms with van der Waals surface area (Å²) < 4.78 is 0. The van der Waals surface area contributed by atoms with Gasteiger partial charge in [0.15, 0.2) is 0 Å². The number of nitrogens with two attached hydrogens (primary N) is 1. The minimum Gasteiger partial charge on any atom is -0.404 e. The van der Waals surface area contributed by atoms with Crippen LogP contribution < -0.4 is 21.3 Å². The maximum absolute atomic E-state index is 12.7. The Hall–Kier alpha value is -3.74. The van der Waals surface area contributed by atoms with Crippen molar-refractivity contribution < 1.29 is 4.79 Å². The van der Waals surface area contributed by atoms with E-state index in [0.717, 1.165) is 53.7 Å². The number of nitrogens with zero attached hydrogens (tertiary/aromatic N) is 2. The number of benzene rings is 2. The van der Waals surface area contributed by atoms with Crippen LogP contribution in [0.4, 0.5) is 16.2 Å². The number of fused-ring (bicyclic) bond motifs is 1. The lowest BCUT2D eigenvalue weighted by atomic mass is 10.0. The summed E-state index contributed by atoms with van der Waals surface area (Å²) in [5, 5.41) is 7.07. The second-order valence-electron chi connectivity index (χ2n) is 8.65. The quantitative estimate of drug-likeness (QED) is 0.413. The van der Waals surface area contributed by atoms with Gasteiger partial charge in [-0.2, -0.15) is 0 Å². The average Bonchev–Trinajstić information content (AvgIpc) is 3.22. The van der Waals surface area contributed by atoms with Gasteiger partial charge in [0.2, 0.25) is 0 Å². The highest BCUT2D eigenvalue weighted by Gasteiger charge is 2.21. The lowest BCUT2D eigenvalue weighted by molar-refractivity contribution is 0.246. The van der Waals surface area contributed by atoms with Crippen LogP contribution in [0.2, 0.25) is 0 Å². The number of urea groups is 1. The van der Waals surface area contributed by atoms with Crippen LogP contribution >= 0.6 is 0 Å². The third-order valence-electron chi connectivity index (χ3n) is 5.91. The Morgan fingerprint density at radius 1 is 1.18 bits per heavy atom. The average molecular weight is 445 g/mol. The van der Waals surface area contributed by atoms with Crippen molar-refractivity contribution in [1.82, 2.24) is 10.3 Å². The highest BCUT2D eigenvalue weighted by molar-refractivity contribution is 6.11. The minimum atomic E-state index is -0.185. The van der Waals surface area contributed by atoms with Gasteiger partial charge in [-0.1, -0.05) is 24.3 Å². The molecule has 1 aliphatic rings. The van der Waals surface area contributed by atoms with Crippen molar-refractivity contribution in [2.45, 2.75) is 38.8 Å². The number of amides is 2. The minimum absolute atomic E-state index is 0.157. The molecule has 1 saturated heterocycles. The van der Waals surface area contributed by atoms with Gasteiger partial charge in [0.25, 0.3) is 0 Å². The molecule has 2 amide bonds. The molecule has 2 aromatic carbocycles. The molecule has 0 saturated carbocycles. The Balaban J connectivity index is 1.39. The van der Waals surface area contributed by atoms with E-state index in [2.05, 4.69) is 49.8 Å². The van der Waals surface area contributed by atoms with Gasteiger partial charge in [0, 0.05) is 65.9 Å². The number of anilines is 2. The van der Waals surface area contributed by atoms with Crippen LogP contribution in [0.1, 0.15) is 32.3 Å². The second-order valence-corrected chi connectivity index (χ2v) is 8.65. The first-order valence-electron chi connectivity index (χ1n) is 11.5. The molecule has 7 nitrogen and oxygen atoms in total.